The zero-order valence-electron chi connectivity index (χ0n) is 9.01. The highest BCUT2D eigenvalue weighted by molar-refractivity contribution is 5.61. The van der Waals surface area contributed by atoms with Crippen LogP contribution in [-0.2, 0) is 0 Å². The summed E-state index contributed by atoms with van der Waals surface area (Å²) in [6.45, 7) is 0. The third-order valence-corrected chi connectivity index (χ3v) is 3.73. The van der Waals surface area contributed by atoms with E-state index in [9.17, 15) is 0 Å². The molecule has 4 rings (SSSR count). The summed E-state index contributed by atoms with van der Waals surface area (Å²) < 4.78 is 2.29. The first-order chi connectivity index (χ1) is 7.93. The minimum atomic E-state index is 0.810. The van der Waals surface area contributed by atoms with Crippen molar-refractivity contribution in [2.45, 2.75) is 12.3 Å². The second-order valence-corrected chi connectivity index (χ2v) is 4.73. The minimum Gasteiger partial charge on any atom is -0.317 e. The van der Waals surface area contributed by atoms with Crippen LogP contribution in [0.15, 0.2) is 48.7 Å². The van der Waals surface area contributed by atoms with E-state index in [4.69, 9.17) is 0 Å². The van der Waals surface area contributed by atoms with E-state index in [1.807, 2.05) is 0 Å². The van der Waals surface area contributed by atoms with E-state index in [1.54, 1.807) is 0 Å². The smallest absolute Gasteiger partial charge is 0.0487 e. The third kappa shape index (κ3) is 1.06. The Morgan fingerprint density at radius 1 is 1.06 bits per heavy atom. The number of para-hydroxylation sites is 1. The number of fused-ring (bicyclic) bond motifs is 3. The van der Waals surface area contributed by atoms with Crippen molar-refractivity contribution >= 4 is 6.08 Å². The summed E-state index contributed by atoms with van der Waals surface area (Å²) in [7, 11) is 0. The van der Waals surface area contributed by atoms with E-state index in [2.05, 4.69) is 59.3 Å². The van der Waals surface area contributed by atoms with Gasteiger partial charge in [0.15, 0.2) is 0 Å². The summed E-state index contributed by atoms with van der Waals surface area (Å²) in [5.74, 6) is 1.64. The van der Waals surface area contributed by atoms with Crippen LogP contribution in [0, 0.1) is 5.92 Å². The molecule has 1 heterocycles. The molecule has 0 aliphatic heterocycles. The molecule has 0 amide bonds. The fourth-order valence-corrected chi connectivity index (χ4v) is 2.76. The summed E-state index contributed by atoms with van der Waals surface area (Å²) >= 11 is 0. The second-order valence-electron chi connectivity index (χ2n) is 4.73. The Morgan fingerprint density at radius 2 is 1.94 bits per heavy atom. The van der Waals surface area contributed by atoms with Crippen molar-refractivity contribution in [1.82, 2.24) is 4.57 Å². The number of hydrogen-bond donors (Lipinski definition) is 0. The molecule has 1 saturated carbocycles. The molecule has 0 N–H and O–H groups in total. The number of hydrogen-bond acceptors (Lipinski definition) is 0. The van der Waals surface area contributed by atoms with E-state index < -0.39 is 0 Å². The lowest BCUT2D eigenvalue weighted by Gasteiger charge is -2.10. The molecule has 0 saturated heterocycles. The van der Waals surface area contributed by atoms with Crippen molar-refractivity contribution in [1.29, 1.82) is 0 Å². The Kier molecular flexibility index (Phi) is 1.51. The van der Waals surface area contributed by atoms with Gasteiger partial charge in [-0.1, -0.05) is 24.3 Å². The van der Waals surface area contributed by atoms with Gasteiger partial charge in [0.1, 0.15) is 0 Å². The molecule has 2 aliphatic rings. The molecule has 78 valence electrons. The van der Waals surface area contributed by atoms with Gasteiger partial charge in [0.25, 0.3) is 0 Å². The maximum absolute atomic E-state index is 2.37. The number of aromatic nitrogens is 1. The normalized spacial score (nSPS) is 25.0. The minimum absolute atomic E-state index is 0.810. The van der Waals surface area contributed by atoms with Crippen molar-refractivity contribution in [3.63, 3.8) is 0 Å². The third-order valence-electron chi connectivity index (χ3n) is 3.73. The molecular formula is C15H13N. The lowest BCUT2D eigenvalue weighted by Crippen LogP contribution is -1.98. The van der Waals surface area contributed by atoms with Gasteiger partial charge in [-0.25, -0.2) is 0 Å². The van der Waals surface area contributed by atoms with E-state index in [1.165, 1.54) is 23.4 Å². The first-order valence-electron chi connectivity index (χ1n) is 5.88. The summed E-state index contributed by atoms with van der Waals surface area (Å²) in [6, 6.07) is 12.9. The lowest BCUT2D eigenvalue weighted by atomic mass is 10.0. The highest BCUT2D eigenvalue weighted by atomic mass is 15.0. The highest BCUT2D eigenvalue weighted by Crippen LogP contribution is 2.53. The molecular weight excluding hydrogens is 194 g/mol. The monoisotopic (exact) mass is 207 g/mol. The first kappa shape index (κ1) is 8.40. The summed E-state index contributed by atoms with van der Waals surface area (Å²) in [5, 5.41) is 0. The molecule has 0 spiro atoms. The SMILES string of the molecule is C1=CC2CC2c2ccn(-c3ccccc3)c21. The molecule has 2 atom stereocenters. The van der Waals surface area contributed by atoms with Crippen LogP contribution >= 0.6 is 0 Å². The maximum Gasteiger partial charge on any atom is 0.0487 e. The van der Waals surface area contributed by atoms with E-state index in [0.29, 0.717) is 0 Å². The molecule has 2 aromatic rings. The van der Waals surface area contributed by atoms with E-state index >= 15 is 0 Å². The van der Waals surface area contributed by atoms with Gasteiger partial charge in [-0.3, -0.25) is 0 Å². The van der Waals surface area contributed by atoms with Crippen LogP contribution in [0.1, 0.15) is 23.6 Å². The fourth-order valence-electron chi connectivity index (χ4n) is 2.76. The van der Waals surface area contributed by atoms with Crippen molar-refractivity contribution in [2.24, 2.45) is 5.92 Å². The first-order valence-corrected chi connectivity index (χ1v) is 5.88. The average molecular weight is 207 g/mol. The average Bonchev–Trinajstić information content (AvgIpc) is 3.02. The van der Waals surface area contributed by atoms with Gasteiger partial charge in [0, 0.05) is 17.6 Å². The Labute approximate surface area is 95.0 Å². The topological polar surface area (TPSA) is 4.93 Å². The Bertz CT molecular complexity index is 562. The molecule has 0 radical (unpaired) electrons. The van der Waals surface area contributed by atoms with Gasteiger partial charge < -0.3 is 4.57 Å². The van der Waals surface area contributed by atoms with Gasteiger partial charge in [-0.15, -0.1) is 0 Å². The van der Waals surface area contributed by atoms with Crippen LogP contribution in [0.4, 0.5) is 0 Å². The summed E-state index contributed by atoms with van der Waals surface area (Å²) in [5.41, 5.74) is 4.17. The Balaban J connectivity index is 1.90. The number of benzene rings is 1. The number of nitrogens with zero attached hydrogens (tertiary/aromatic N) is 1. The van der Waals surface area contributed by atoms with Crippen molar-refractivity contribution < 1.29 is 0 Å². The van der Waals surface area contributed by atoms with Crippen LogP contribution in [0.25, 0.3) is 11.8 Å². The second kappa shape index (κ2) is 2.88. The largest absolute Gasteiger partial charge is 0.317 e. The van der Waals surface area contributed by atoms with Crippen molar-refractivity contribution in [2.75, 3.05) is 0 Å². The summed E-state index contributed by atoms with van der Waals surface area (Å²) in [6.07, 6.45) is 8.20. The van der Waals surface area contributed by atoms with Crippen molar-refractivity contribution in [3.8, 4) is 5.69 Å². The van der Waals surface area contributed by atoms with Crippen LogP contribution in [0.5, 0.6) is 0 Å². The zero-order valence-corrected chi connectivity index (χ0v) is 9.01. The van der Waals surface area contributed by atoms with E-state index in [0.717, 1.165) is 11.8 Å². The standard InChI is InChI=1S/C15H13N/c1-2-4-12(5-3-1)16-9-8-13-14-10-11(14)6-7-15(13)16/h1-9,11,14H,10H2. The van der Waals surface area contributed by atoms with E-state index in [-0.39, 0.29) is 0 Å². The Hall–Kier alpha value is -1.76. The molecule has 1 nitrogen and oxygen atoms in total. The Morgan fingerprint density at radius 3 is 2.81 bits per heavy atom. The quantitative estimate of drug-likeness (QED) is 0.673. The van der Waals surface area contributed by atoms with Gasteiger partial charge >= 0.3 is 0 Å². The molecule has 1 aromatic carbocycles. The highest BCUT2D eigenvalue weighted by Gasteiger charge is 2.40. The van der Waals surface area contributed by atoms with Gasteiger partial charge in [-0.05, 0) is 48.1 Å². The fraction of sp³-hybridized carbons (Fsp3) is 0.200. The maximum atomic E-state index is 2.37. The van der Waals surface area contributed by atoms with Gasteiger partial charge in [-0.2, -0.15) is 0 Å². The molecule has 1 aromatic heterocycles. The van der Waals surface area contributed by atoms with Crippen LogP contribution < -0.4 is 0 Å². The molecule has 1 heteroatoms. The molecule has 0 bridgehead atoms. The number of allylic oxidation sites excluding steroid dienone is 1. The van der Waals surface area contributed by atoms with Crippen LogP contribution in [0.3, 0.4) is 0 Å². The predicted molar refractivity (Wildman–Crippen MR) is 65.7 cm³/mol. The van der Waals surface area contributed by atoms with Gasteiger partial charge in [0.2, 0.25) is 0 Å². The molecule has 2 aliphatic carbocycles. The van der Waals surface area contributed by atoms with Crippen molar-refractivity contribution in [3.05, 3.63) is 59.9 Å². The van der Waals surface area contributed by atoms with Crippen LogP contribution in [0.2, 0.25) is 0 Å². The molecule has 2 unspecified atom stereocenters. The van der Waals surface area contributed by atoms with Crippen LogP contribution in [-0.4, -0.2) is 4.57 Å². The molecule has 16 heavy (non-hydrogen) atoms. The van der Waals surface area contributed by atoms with Gasteiger partial charge in [0.05, 0.1) is 0 Å². The molecule has 1 fully saturated rings. The summed E-state index contributed by atoms with van der Waals surface area (Å²) in [4.78, 5) is 0. The lowest BCUT2D eigenvalue weighted by molar-refractivity contribution is 0.966. The predicted octanol–water partition coefficient (Wildman–Crippen LogP) is 3.61. The number of rotatable bonds is 1. The zero-order chi connectivity index (χ0) is 10.5.